The molecule has 0 spiro atoms. The molecule has 1 N–H and O–H groups in total. The molecule has 2 aromatic carbocycles. The van der Waals surface area contributed by atoms with E-state index in [1.807, 2.05) is 26.0 Å². The molecule has 0 fully saturated rings. The van der Waals surface area contributed by atoms with Crippen molar-refractivity contribution in [1.82, 2.24) is 5.32 Å². The largest absolute Gasteiger partial charge is 0.454 e. The Labute approximate surface area is 117 Å². The first kappa shape index (κ1) is 14.5. The van der Waals surface area contributed by atoms with E-state index in [1.165, 1.54) is 12.1 Å². The first-order valence-corrected chi connectivity index (χ1v) is 6.54. The number of ether oxygens (including phenoxy) is 1. The Morgan fingerprint density at radius 2 is 1.90 bits per heavy atom. The third kappa shape index (κ3) is 3.33. The van der Waals surface area contributed by atoms with Crippen LogP contribution in [0.3, 0.4) is 0 Å². The number of nitrogens with one attached hydrogen (secondary N) is 1. The van der Waals surface area contributed by atoms with Gasteiger partial charge in [-0.3, -0.25) is 0 Å². The van der Waals surface area contributed by atoms with Crippen LogP contribution in [-0.4, -0.2) is 6.54 Å². The van der Waals surface area contributed by atoms with Crippen molar-refractivity contribution in [3.05, 3.63) is 59.2 Å². The zero-order chi connectivity index (χ0) is 14.5. The molecule has 0 aliphatic heterocycles. The molecule has 0 saturated carbocycles. The summed E-state index contributed by atoms with van der Waals surface area (Å²) in [6.45, 7) is 5.58. The molecule has 0 aromatic heterocycles. The predicted octanol–water partition coefficient (Wildman–Crippen LogP) is 4.18. The average molecular weight is 277 g/mol. The second kappa shape index (κ2) is 6.48. The van der Waals surface area contributed by atoms with Crippen molar-refractivity contribution in [1.29, 1.82) is 0 Å². The molecule has 2 rings (SSSR count). The van der Waals surface area contributed by atoms with Gasteiger partial charge in [0.25, 0.3) is 0 Å². The van der Waals surface area contributed by atoms with Gasteiger partial charge in [0, 0.05) is 6.54 Å². The van der Waals surface area contributed by atoms with Gasteiger partial charge in [-0.2, -0.15) is 4.39 Å². The maximum absolute atomic E-state index is 13.6. The third-order valence-corrected chi connectivity index (χ3v) is 2.95. The lowest BCUT2D eigenvalue weighted by molar-refractivity contribution is 0.414. The number of aryl methyl sites for hydroxylation is 1. The molecular formula is C16H17F2NO. The highest BCUT2D eigenvalue weighted by Gasteiger charge is 2.11. The molecule has 0 saturated heterocycles. The molecule has 4 heteroatoms. The second-order valence-corrected chi connectivity index (χ2v) is 4.53. The van der Waals surface area contributed by atoms with Crippen molar-refractivity contribution < 1.29 is 13.5 Å². The molecule has 0 unspecified atom stereocenters. The highest BCUT2D eigenvalue weighted by Crippen LogP contribution is 2.28. The van der Waals surface area contributed by atoms with Crippen molar-refractivity contribution in [3.8, 4) is 11.5 Å². The highest BCUT2D eigenvalue weighted by molar-refractivity contribution is 5.40. The molecule has 20 heavy (non-hydrogen) atoms. The predicted molar refractivity (Wildman–Crippen MR) is 75.0 cm³/mol. The van der Waals surface area contributed by atoms with Crippen molar-refractivity contribution in [2.45, 2.75) is 20.4 Å². The standard InChI is InChI=1S/C16H17F2NO/c1-3-19-10-12-7-8-14(11(2)9-12)20-15-6-4-5-13(17)16(15)18/h4-9,19H,3,10H2,1-2H3. The SMILES string of the molecule is CCNCc1ccc(Oc2cccc(F)c2F)c(C)c1. The summed E-state index contributed by atoms with van der Waals surface area (Å²) >= 11 is 0. The lowest BCUT2D eigenvalue weighted by Gasteiger charge is -2.11. The number of hydrogen-bond acceptors (Lipinski definition) is 2. The number of rotatable bonds is 5. The van der Waals surface area contributed by atoms with Crippen LogP contribution in [0.15, 0.2) is 36.4 Å². The van der Waals surface area contributed by atoms with Crippen molar-refractivity contribution in [3.63, 3.8) is 0 Å². The van der Waals surface area contributed by atoms with Gasteiger partial charge in [0.15, 0.2) is 11.6 Å². The van der Waals surface area contributed by atoms with Crippen LogP contribution in [0.5, 0.6) is 11.5 Å². The zero-order valence-corrected chi connectivity index (χ0v) is 11.5. The van der Waals surface area contributed by atoms with Crippen LogP contribution in [0.4, 0.5) is 8.78 Å². The van der Waals surface area contributed by atoms with Crippen LogP contribution >= 0.6 is 0 Å². The van der Waals surface area contributed by atoms with Gasteiger partial charge >= 0.3 is 0 Å². The van der Waals surface area contributed by atoms with Gasteiger partial charge in [0.2, 0.25) is 5.82 Å². The Morgan fingerprint density at radius 3 is 2.60 bits per heavy atom. The van der Waals surface area contributed by atoms with Crippen LogP contribution in [0.2, 0.25) is 0 Å². The van der Waals surface area contributed by atoms with Gasteiger partial charge in [0.05, 0.1) is 0 Å². The normalized spacial score (nSPS) is 10.6. The molecule has 0 radical (unpaired) electrons. The molecule has 0 bridgehead atoms. The maximum atomic E-state index is 13.6. The minimum absolute atomic E-state index is 0.104. The quantitative estimate of drug-likeness (QED) is 0.885. The Balaban J connectivity index is 2.19. The summed E-state index contributed by atoms with van der Waals surface area (Å²) in [6.07, 6.45) is 0. The first-order valence-electron chi connectivity index (χ1n) is 6.54. The molecule has 0 aliphatic rings. The summed E-state index contributed by atoms with van der Waals surface area (Å²) in [5, 5.41) is 3.23. The summed E-state index contributed by atoms with van der Waals surface area (Å²) in [4.78, 5) is 0. The second-order valence-electron chi connectivity index (χ2n) is 4.53. The van der Waals surface area contributed by atoms with Gasteiger partial charge in [0.1, 0.15) is 5.75 Å². The summed E-state index contributed by atoms with van der Waals surface area (Å²) in [7, 11) is 0. The fourth-order valence-electron chi connectivity index (χ4n) is 1.89. The van der Waals surface area contributed by atoms with E-state index in [1.54, 1.807) is 6.07 Å². The lowest BCUT2D eigenvalue weighted by atomic mass is 10.1. The fraction of sp³-hybridized carbons (Fsp3) is 0.250. The smallest absolute Gasteiger partial charge is 0.201 e. The topological polar surface area (TPSA) is 21.3 Å². The van der Waals surface area contributed by atoms with E-state index in [2.05, 4.69) is 5.32 Å². The summed E-state index contributed by atoms with van der Waals surface area (Å²) in [5.74, 6) is -1.46. The van der Waals surface area contributed by atoms with E-state index in [0.717, 1.165) is 30.3 Å². The molecule has 106 valence electrons. The minimum Gasteiger partial charge on any atom is -0.454 e. The van der Waals surface area contributed by atoms with Crippen LogP contribution < -0.4 is 10.1 Å². The summed E-state index contributed by atoms with van der Waals surface area (Å²) in [6, 6.07) is 9.53. The van der Waals surface area contributed by atoms with E-state index in [-0.39, 0.29) is 5.75 Å². The number of halogens is 2. The van der Waals surface area contributed by atoms with E-state index < -0.39 is 11.6 Å². The highest BCUT2D eigenvalue weighted by atomic mass is 19.2. The van der Waals surface area contributed by atoms with Gasteiger partial charge in [-0.25, -0.2) is 4.39 Å². The molecular weight excluding hydrogens is 260 g/mol. The Hall–Kier alpha value is -1.94. The fourth-order valence-corrected chi connectivity index (χ4v) is 1.89. The summed E-state index contributed by atoms with van der Waals surface area (Å²) < 4.78 is 32.1. The Bertz CT molecular complexity index is 599. The zero-order valence-electron chi connectivity index (χ0n) is 11.5. The first-order chi connectivity index (χ1) is 9.61. The number of hydrogen-bond donors (Lipinski definition) is 1. The van der Waals surface area contributed by atoms with Crippen molar-refractivity contribution in [2.24, 2.45) is 0 Å². The van der Waals surface area contributed by atoms with Gasteiger partial charge in [-0.05, 0) is 42.8 Å². The average Bonchev–Trinajstić information content (AvgIpc) is 2.44. The third-order valence-electron chi connectivity index (χ3n) is 2.95. The lowest BCUT2D eigenvalue weighted by Crippen LogP contribution is -2.11. The molecule has 0 amide bonds. The van der Waals surface area contributed by atoms with Crippen LogP contribution in [0.1, 0.15) is 18.1 Å². The van der Waals surface area contributed by atoms with E-state index in [4.69, 9.17) is 4.74 Å². The van der Waals surface area contributed by atoms with E-state index in [0.29, 0.717) is 5.75 Å². The molecule has 2 aromatic rings. The van der Waals surface area contributed by atoms with Crippen LogP contribution in [0, 0.1) is 18.6 Å². The van der Waals surface area contributed by atoms with E-state index >= 15 is 0 Å². The Morgan fingerprint density at radius 1 is 1.10 bits per heavy atom. The van der Waals surface area contributed by atoms with Gasteiger partial charge in [-0.1, -0.05) is 25.1 Å². The van der Waals surface area contributed by atoms with E-state index in [9.17, 15) is 8.78 Å². The van der Waals surface area contributed by atoms with Crippen molar-refractivity contribution in [2.75, 3.05) is 6.54 Å². The molecule has 0 aliphatic carbocycles. The summed E-state index contributed by atoms with van der Waals surface area (Å²) in [5.41, 5.74) is 2.00. The monoisotopic (exact) mass is 277 g/mol. The van der Waals surface area contributed by atoms with Crippen LogP contribution in [-0.2, 0) is 6.54 Å². The van der Waals surface area contributed by atoms with Crippen LogP contribution in [0.25, 0.3) is 0 Å². The maximum Gasteiger partial charge on any atom is 0.201 e. The number of benzene rings is 2. The molecule has 0 heterocycles. The van der Waals surface area contributed by atoms with Gasteiger partial charge in [-0.15, -0.1) is 0 Å². The Kier molecular flexibility index (Phi) is 4.69. The molecule has 2 nitrogen and oxygen atoms in total. The molecule has 0 atom stereocenters. The van der Waals surface area contributed by atoms with Crippen molar-refractivity contribution >= 4 is 0 Å². The van der Waals surface area contributed by atoms with Gasteiger partial charge < -0.3 is 10.1 Å². The minimum atomic E-state index is -0.969.